The van der Waals surface area contributed by atoms with Gasteiger partial charge in [0.05, 0.1) is 0 Å². The van der Waals surface area contributed by atoms with Crippen LogP contribution in [-0.4, -0.2) is 59.7 Å². The van der Waals surface area contributed by atoms with Crippen LogP contribution in [0.4, 0.5) is 5.69 Å². The van der Waals surface area contributed by atoms with Crippen molar-refractivity contribution in [3.8, 4) is 0 Å². The molecule has 0 saturated carbocycles. The van der Waals surface area contributed by atoms with E-state index in [9.17, 15) is 14.4 Å². The Balaban J connectivity index is 1.36. The number of carbonyl (C=O) groups excluding carboxylic acids is 3. The number of likely N-dealkylation sites (tertiary alicyclic amines) is 1. The molecule has 6 heteroatoms. The molecule has 0 radical (unpaired) electrons. The van der Waals surface area contributed by atoms with Gasteiger partial charge < -0.3 is 9.80 Å². The van der Waals surface area contributed by atoms with Gasteiger partial charge in [-0.3, -0.25) is 19.3 Å². The Labute approximate surface area is 189 Å². The van der Waals surface area contributed by atoms with E-state index in [4.69, 9.17) is 0 Å². The molecule has 1 fully saturated rings. The Morgan fingerprint density at radius 3 is 2.06 bits per heavy atom. The van der Waals surface area contributed by atoms with Crippen LogP contribution < -0.4 is 4.90 Å². The highest BCUT2D eigenvalue weighted by atomic mass is 16.2. The quantitative estimate of drug-likeness (QED) is 0.603. The molecule has 0 bridgehead atoms. The van der Waals surface area contributed by atoms with Gasteiger partial charge in [-0.05, 0) is 37.0 Å². The first kappa shape index (κ1) is 22.0. The minimum absolute atomic E-state index is 0.0496. The number of piperidine rings is 1. The number of hydrogen-bond donors (Lipinski definition) is 0. The van der Waals surface area contributed by atoms with Crippen molar-refractivity contribution < 1.29 is 14.4 Å². The molecular formula is C26H29N3O3. The molecule has 166 valence electrons. The molecule has 0 N–H and O–H groups in total. The highest BCUT2D eigenvalue weighted by Crippen LogP contribution is 2.25. The van der Waals surface area contributed by atoms with Crippen LogP contribution in [0, 0.1) is 0 Å². The molecule has 3 amide bonds. The number of benzene rings is 2. The maximum Gasteiger partial charge on any atom is 0.253 e. The lowest BCUT2D eigenvalue weighted by Crippen LogP contribution is -2.48. The Morgan fingerprint density at radius 2 is 1.44 bits per heavy atom. The first-order valence-electron chi connectivity index (χ1n) is 11.3. The normalized spacial score (nSPS) is 17.2. The van der Waals surface area contributed by atoms with E-state index in [-0.39, 0.29) is 36.7 Å². The summed E-state index contributed by atoms with van der Waals surface area (Å²) in [5.41, 5.74) is 2.22. The van der Waals surface area contributed by atoms with Crippen LogP contribution in [0.5, 0.6) is 0 Å². The molecule has 4 rings (SSSR count). The zero-order chi connectivity index (χ0) is 22.3. The summed E-state index contributed by atoms with van der Waals surface area (Å²) in [5.74, 6) is -0.743. The number of imide groups is 1. The molecule has 32 heavy (non-hydrogen) atoms. The van der Waals surface area contributed by atoms with Crippen molar-refractivity contribution in [2.75, 3.05) is 31.1 Å². The molecule has 2 aliphatic heterocycles. The minimum atomic E-state index is -0.346. The van der Waals surface area contributed by atoms with Gasteiger partial charge in [-0.2, -0.15) is 0 Å². The summed E-state index contributed by atoms with van der Waals surface area (Å²) in [6, 6.07) is 20.3. The highest BCUT2D eigenvalue weighted by Gasteiger charge is 2.30. The molecule has 2 aromatic rings. The van der Waals surface area contributed by atoms with Crippen LogP contribution in [-0.2, 0) is 20.8 Å². The lowest BCUT2D eigenvalue weighted by molar-refractivity contribution is -0.137. The van der Waals surface area contributed by atoms with Gasteiger partial charge in [0, 0.05) is 56.5 Å². The maximum absolute atomic E-state index is 13.2. The van der Waals surface area contributed by atoms with Gasteiger partial charge in [-0.25, -0.2) is 0 Å². The minimum Gasteiger partial charge on any atom is -0.309 e. The van der Waals surface area contributed by atoms with E-state index >= 15 is 0 Å². The van der Waals surface area contributed by atoms with Gasteiger partial charge in [0.25, 0.3) is 11.8 Å². The fourth-order valence-electron chi connectivity index (χ4n) is 4.46. The van der Waals surface area contributed by atoms with Gasteiger partial charge in [-0.15, -0.1) is 0 Å². The fourth-order valence-corrected chi connectivity index (χ4v) is 4.46. The summed E-state index contributed by atoms with van der Waals surface area (Å²) >= 11 is 0. The summed E-state index contributed by atoms with van der Waals surface area (Å²) in [7, 11) is 0. The average Bonchev–Trinajstić information content (AvgIpc) is 3.16. The predicted octanol–water partition coefficient (Wildman–Crippen LogP) is 3.04. The van der Waals surface area contributed by atoms with Gasteiger partial charge >= 0.3 is 0 Å². The van der Waals surface area contributed by atoms with E-state index in [1.807, 2.05) is 41.3 Å². The summed E-state index contributed by atoms with van der Waals surface area (Å²) < 4.78 is 0. The Hall–Kier alpha value is -3.25. The first-order valence-corrected chi connectivity index (χ1v) is 11.3. The molecule has 0 unspecified atom stereocenters. The summed E-state index contributed by atoms with van der Waals surface area (Å²) in [5, 5.41) is 0. The van der Waals surface area contributed by atoms with E-state index in [2.05, 4.69) is 29.2 Å². The SMILES string of the molecule is O=C1C=CC(=O)N1CCC(=O)N(c1ccccc1)C1CCN(CCc2ccccc2)CC1. The molecule has 0 aromatic heterocycles. The Morgan fingerprint density at radius 1 is 0.844 bits per heavy atom. The number of rotatable bonds is 8. The monoisotopic (exact) mass is 431 g/mol. The molecule has 0 atom stereocenters. The number of hydrogen-bond acceptors (Lipinski definition) is 4. The smallest absolute Gasteiger partial charge is 0.253 e. The Kier molecular flexibility index (Phi) is 7.12. The highest BCUT2D eigenvalue weighted by molar-refractivity contribution is 6.13. The van der Waals surface area contributed by atoms with Crippen molar-refractivity contribution in [1.29, 1.82) is 0 Å². The van der Waals surface area contributed by atoms with E-state index in [1.54, 1.807) is 0 Å². The summed E-state index contributed by atoms with van der Waals surface area (Å²) in [6.45, 7) is 3.02. The van der Waals surface area contributed by atoms with Crippen LogP contribution in [0.2, 0.25) is 0 Å². The first-order chi connectivity index (χ1) is 15.6. The van der Waals surface area contributed by atoms with E-state index < -0.39 is 0 Å². The van der Waals surface area contributed by atoms with Crippen molar-refractivity contribution in [1.82, 2.24) is 9.80 Å². The lowest BCUT2D eigenvalue weighted by Gasteiger charge is -2.39. The standard InChI is InChI=1S/C26H29N3O3/c30-24-11-12-25(31)28(24)20-16-26(32)29(22-9-5-2-6-10-22)23-14-18-27(19-15-23)17-13-21-7-3-1-4-8-21/h1-12,23H,13-20H2. The number of anilines is 1. The summed E-state index contributed by atoms with van der Waals surface area (Å²) in [6.07, 6.45) is 5.47. The van der Waals surface area contributed by atoms with Gasteiger partial charge in [-0.1, -0.05) is 48.5 Å². The topological polar surface area (TPSA) is 60.9 Å². The van der Waals surface area contributed by atoms with Crippen molar-refractivity contribution in [2.45, 2.75) is 31.7 Å². The molecular weight excluding hydrogens is 402 g/mol. The van der Waals surface area contributed by atoms with Crippen LogP contribution in [0.15, 0.2) is 72.8 Å². The van der Waals surface area contributed by atoms with Crippen molar-refractivity contribution in [2.24, 2.45) is 0 Å². The third kappa shape index (κ3) is 5.32. The van der Waals surface area contributed by atoms with Crippen LogP contribution in [0.25, 0.3) is 0 Å². The van der Waals surface area contributed by atoms with E-state index in [0.29, 0.717) is 0 Å². The second kappa shape index (κ2) is 10.4. The van der Waals surface area contributed by atoms with Crippen molar-refractivity contribution >= 4 is 23.4 Å². The van der Waals surface area contributed by atoms with E-state index in [1.165, 1.54) is 17.7 Å². The van der Waals surface area contributed by atoms with Crippen LogP contribution in [0.3, 0.4) is 0 Å². The van der Waals surface area contributed by atoms with Crippen molar-refractivity contribution in [3.05, 3.63) is 78.4 Å². The van der Waals surface area contributed by atoms with Gasteiger partial charge in [0.15, 0.2) is 0 Å². The molecule has 2 aliphatic rings. The molecule has 1 saturated heterocycles. The fraction of sp³-hybridized carbons (Fsp3) is 0.346. The largest absolute Gasteiger partial charge is 0.309 e. The number of carbonyl (C=O) groups is 3. The maximum atomic E-state index is 13.2. The number of para-hydroxylation sites is 1. The zero-order valence-electron chi connectivity index (χ0n) is 18.2. The second-order valence-corrected chi connectivity index (χ2v) is 8.32. The van der Waals surface area contributed by atoms with E-state index in [0.717, 1.165) is 49.5 Å². The third-order valence-electron chi connectivity index (χ3n) is 6.23. The van der Waals surface area contributed by atoms with Crippen LogP contribution in [0.1, 0.15) is 24.8 Å². The number of nitrogens with zero attached hydrogens (tertiary/aromatic N) is 3. The zero-order valence-corrected chi connectivity index (χ0v) is 18.2. The average molecular weight is 432 g/mol. The molecule has 2 heterocycles. The molecule has 0 spiro atoms. The van der Waals surface area contributed by atoms with Crippen LogP contribution >= 0.6 is 0 Å². The lowest BCUT2D eigenvalue weighted by atomic mass is 10.0. The molecule has 0 aliphatic carbocycles. The predicted molar refractivity (Wildman–Crippen MR) is 124 cm³/mol. The number of amides is 3. The van der Waals surface area contributed by atoms with Gasteiger partial charge in [0.2, 0.25) is 5.91 Å². The van der Waals surface area contributed by atoms with Gasteiger partial charge in [0.1, 0.15) is 0 Å². The van der Waals surface area contributed by atoms with Crippen molar-refractivity contribution in [3.63, 3.8) is 0 Å². The molecule has 6 nitrogen and oxygen atoms in total. The summed E-state index contributed by atoms with van der Waals surface area (Å²) in [4.78, 5) is 42.4. The molecule has 2 aromatic carbocycles. The third-order valence-corrected chi connectivity index (χ3v) is 6.23. The Bertz CT molecular complexity index is 948. The second-order valence-electron chi connectivity index (χ2n) is 8.32.